The number of benzene rings is 1. The van der Waals surface area contributed by atoms with Gasteiger partial charge in [-0.25, -0.2) is 0 Å². The number of morpholine rings is 1. The zero-order valence-electron chi connectivity index (χ0n) is 12.0. The molecule has 1 saturated heterocycles. The maximum Gasteiger partial charge on any atom is 0.261 e. The first-order chi connectivity index (χ1) is 9.53. The van der Waals surface area contributed by atoms with Gasteiger partial charge in [0.1, 0.15) is 5.75 Å². The van der Waals surface area contributed by atoms with Gasteiger partial charge in [0, 0.05) is 13.1 Å². The molecule has 0 aromatic heterocycles. The number of carbonyl (C=O) groups excluding carboxylic acids is 1. The Bertz CT molecular complexity index is 448. The fourth-order valence-electron chi connectivity index (χ4n) is 2.22. The van der Waals surface area contributed by atoms with Gasteiger partial charge in [-0.05, 0) is 26.0 Å². The summed E-state index contributed by atoms with van der Waals surface area (Å²) in [6, 6.07) is 9.33. The van der Waals surface area contributed by atoms with Crippen LogP contribution in [0.2, 0.25) is 0 Å². The lowest BCUT2D eigenvalue weighted by molar-refractivity contribution is -0.155. The van der Waals surface area contributed by atoms with Gasteiger partial charge in [-0.15, -0.1) is 0 Å². The maximum absolute atomic E-state index is 12.4. The Morgan fingerprint density at radius 2 is 2.15 bits per heavy atom. The minimum atomic E-state index is -0.331. The highest BCUT2D eigenvalue weighted by molar-refractivity contribution is 5.78. The standard InChI is InChI=1S/C15H22N2O3/c1-15(2)11-20-13(8-16)9-17(15)14(18)10-19-12-6-4-3-5-7-12/h3-7,13H,8-11,16H2,1-2H3. The number of nitrogens with two attached hydrogens (primary N) is 1. The molecule has 0 radical (unpaired) electrons. The van der Waals surface area contributed by atoms with Crippen molar-refractivity contribution >= 4 is 5.91 Å². The fraction of sp³-hybridized carbons (Fsp3) is 0.533. The average Bonchev–Trinajstić information content (AvgIpc) is 2.45. The Morgan fingerprint density at radius 3 is 2.80 bits per heavy atom. The van der Waals surface area contributed by atoms with Gasteiger partial charge in [0.15, 0.2) is 6.61 Å². The van der Waals surface area contributed by atoms with Gasteiger partial charge in [0.25, 0.3) is 5.91 Å². The molecule has 2 rings (SSSR count). The van der Waals surface area contributed by atoms with Crippen molar-refractivity contribution in [2.24, 2.45) is 5.73 Å². The highest BCUT2D eigenvalue weighted by atomic mass is 16.5. The SMILES string of the molecule is CC1(C)COC(CN)CN1C(=O)COc1ccccc1. The number of carbonyl (C=O) groups is 1. The van der Waals surface area contributed by atoms with Crippen LogP contribution in [0.5, 0.6) is 5.75 Å². The van der Waals surface area contributed by atoms with Gasteiger partial charge in [0.2, 0.25) is 0 Å². The predicted octanol–water partition coefficient (Wildman–Crippen LogP) is 1.03. The number of nitrogens with zero attached hydrogens (tertiary/aromatic N) is 1. The molecular weight excluding hydrogens is 256 g/mol. The third-order valence-electron chi connectivity index (χ3n) is 3.46. The molecule has 5 heteroatoms. The molecule has 1 aliphatic rings. The van der Waals surface area contributed by atoms with Crippen LogP contribution >= 0.6 is 0 Å². The second-order valence-electron chi connectivity index (χ2n) is 5.59. The van der Waals surface area contributed by atoms with Crippen molar-refractivity contribution in [1.82, 2.24) is 4.90 Å². The maximum atomic E-state index is 12.4. The van der Waals surface area contributed by atoms with Crippen molar-refractivity contribution in [2.45, 2.75) is 25.5 Å². The monoisotopic (exact) mass is 278 g/mol. The summed E-state index contributed by atoms with van der Waals surface area (Å²) >= 11 is 0. The van der Waals surface area contributed by atoms with Crippen molar-refractivity contribution < 1.29 is 14.3 Å². The Hall–Kier alpha value is -1.59. The highest BCUT2D eigenvalue weighted by Gasteiger charge is 2.37. The molecule has 0 saturated carbocycles. The number of ether oxygens (including phenoxy) is 2. The third kappa shape index (κ3) is 3.49. The van der Waals surface area contributed by atoms with Gasteiger partial charge in [-0.3, -0.25) is 4.79 Å². The van der Waals surface area contributed by atoms with Crippen molar-refractivity contribution in [1.29, 1.82) is 0 Å². The Labute approximate surface area is 119 Å². The molecule has 1 atom stereocenters. The van der Waals surface area contributed by atoms with Crippen LogP contribution < -0.4 is 10.5 Å². The van der Waals surface area contributed by atoms with Crippen LogP contribution in [0, 0.1) is 0 Å². The van der Waals surface area contributed by atoms with Crippen LogP contribution in [-0.4, -0.2) is 48.8 Å². The fourth-order valence-corrected chi connectivity index (χ4v) is 2.22. The minimum Gasteiger partial charge on any atom is -0.484 e. The van der Waals surface area contributed by atoms with E-state index in [0.29, 0.717) is 25.4 Å². The van der Waals surface area contributed by atoms with E-state index in [2.05, 4.69) is 0 Å². The predicted molar refractivity (Wildman–Crippen MR) is 76.5 cm³/mol. The number of para-hydroxylation sites is 1. The quantitative estimate of drug-likeness (QED) is 0.893. The van der Waals surface area contributed by atoms with E-state index in [4.69, 9.17) is 15.2 Å². The van der Waals surface area contributed by atoms with E-state index in [1.165, 1.54) is 0 Å². The summed E-state index contributed by atoms with van der Waals surface area (Å²) in [4.78, 5) is 14.2. The summed E-state index contributed by atoms with van der Waals surface area (Å²) in [6.07, 6.45) is -0.0938. The molecule has 1 aromatic rings. The van der Waals surface area contributed by atoms with E-state index in [9.17, 15) is 4.79 Å². The molecular formula is C15H22N2O3. The molecule has 110 valence electrons. The van der Waals surface area contributed by atoms with Gasteiger partial charge in [-0.2, -0.15) is 0 Å². The lowest BCUT2D eigenvalue weighted by Crippen LogP contribution is -2.60. The Balaban J connectivity index is 1.96. The normalized spacial score (nSPS) is 21.6. The Kier molecular flexibility index (Phi) is 4.62. The van der Waals surface area contributed by atoms with Crippen molar-refractivity contribution in [2.75, 3.05) is 26.3 Å². The van der Waals surface area contributed by atoms with Crippen LogP contribution in [0.25, 0.3) is 0 Å². The lowest BCUT2D eigenvalue weighted by atomic mass is 10.0. The number of amides is 1. The molecule has 1 aromatic carbocycles. The minimum absolute atomic E-state index is 0.0325. The molecule has 1 unspecified atom stereocenters. The van der Waals surface area contributed by atoms with Gasteiger partial charge < -0.3 is 20.1 Å². The summed E-state index contributed by atoms with van der Waals surface area (Å²) in [5.41, 5.74) is 5.29. The zero-order valence-corrected chi connectivity index (χ0v) is 12.0. The topological polar surface area (TPSA) is 64.8 Å². The second kappa shape index (κ2) is 6.24. The first-order valence-electron chi connectivity index (χ1n) is 6.83. The van der Waals surface area contributed by atoms with E-state index >= 15 is 0 Å². The van der Waals surface area contributed by atoms with E-state index in [1.54, 1.807) is 4.90 Å². The van der Waals surface area contributed by atoms with Crippen LogP contribution in [0.4, 0.5) is 0 Å². The van der Waals surface area contributed by atoms with Crippen LogP contribution in [0.15, 0.2) is 30.3 Å². The first kappa shape index (κ1) is 14.8. The van der Waals surface area contributed by atoms with Crippen molar-refractivity contribution in [3.8, 4) is 5.75 Å². The smallest absolute Gasteiger partial charge is 0.261 e. The van der Waals surface area contributed by atoms with E-state index in [0.717, 1.165) is 0 Å². The number of hydrogen-bond acceptors (Lipinski definition) is 4. The van der Waals surface area contributed by atoms with Crippen LogP contribution in [-0.2, 0) is 9.53 Å². The largest absolute Gasteiger partial charge is 0.484 e. The van der Waals surface area contributed by atoms with Gasteiger partial charge in [0.05, 0.1) is 18.2 Å². The molecule has 0 aliphatic carbocycles. The van der Waals surface area contributed by atoms with Crippen LogP contribution in [0.3, 0.4) is 0 Å². The molecule has 20 heavy (non-hydrogen) atoms. The third-order valence-corrected chi connectivity index (χ3v) is 3.46. The molecule has 1 fully saturated rings. The summed E-state index contributed by atoms with van der Waals surface area (Å²) in [7, 11) is 0. The lowest BCUT2D eigenvalue weighted by Gasteiger charge is -2.45. The van der Waals surface area contributed by atoms with Gasteiger partial charge >= 0.3 is 0 Å². The Morgan fingerprint density at radius 1 is 1.45 bits per heavy atom. The summed E-state index contributed by atoms with van der Waals surface area (Å²) < 4.78 is 11.1. The first-order valence-corrected chi connectivity index (χ1v) is 6.83. The molecule has 0 spiro atoms. The second-order valence-corrected chi connectivity index (χ2v) is 5.59. The van der Waals surface area contributed by atoms with Gasteiger partial charge in [-0.1, -0.05) is 18.2 Å². The summed E-state index contributed by atoms with van der Waals surface area (Å²) in [5, 5.41) is 0. The van der Waals surface area contributed by atoms with Crippen molar-refractivity contribution in [3.63, 3.8) is 0 Å². The molecule has 1 amide bonds. The highest BCUT2D eigenvalue weighted by Crippen LogP contribution is 2.22. The van der Waals surface area contributed by atoms with E-state index in [-0.39, 0.29) is 24.2 Å². The molecule has 1 heterocycles. The average molecular weight is 278 g/mol. The summed E-state index contributed by atoms with van der Waals surface area (Å²) in [6.45, 7) is 5.43. The molecule has 0 bridgehead atoms. The summed E-state index contributed by atoms with van der Waals surface area (Å²) in [5.74, 6) is 0.655. The molecule has 2 N–H and O–H groups in total. The van der Waals surface area contributed by atoms with Crippen LogP contribution in [0.1, 0.15) is 13.8 Å². The van der Waals surface area contributed by atoms with E-state index < -0.39 is 0 Å². The number of hydrogen-bond donors (Lipinski definition) is 1. The number of rotatable bonds is 4. The molecule has 5 nitrogen and oxygen atoms in total. The zero-order chi connectivity index (χ0) is 14.6. The molecule has 1 aliphatic heterocycles. The van der Waals surface area contributed by atoms with E-state index in [1.807, 2.05) is 44.2 Å². The van der Waals surface area contributed by atoms with Crippen molar-refractivity contribution in [3.05, 3.63) is 30.3 Å².